The first-order valence-corrected chi connectivity index (χ1v) is 5.91. The fourth-order valence-electron chi connectivity index (χ4n) is 1.06. The van der Waals surface area contributed by atoms with Crippen LogP contribution >= 0.6 is 0 Å². The van der Waals surface area contributed by atoms with Gasteiger partial charge in [-0.3, -0.25) is 9.35 Å². The minimum absolute atomic E-state index is 0.111. The van der Waals surface area contributed by atoms with Crippen molar-refractivity contribution in [1.29, 1.82) is 0 Å². The number of hydrogen-bond acceptors (Lipinski definition) is 5. The Morgan fingerprint density at radius 1 is 1.22 bits per heavy atom. The molecule has 1 aromatic carbocycles. The second-order valence-electron chi connectivity index (χ2n) is 3.20. The smallest absolute Gasteiger partial charge is 0.376 e. The van der Waals surface area contributed by atoms with E-state index in [1.807, 2.05) is 0 Å². The Morgan fingerprint density at radius 2 is 1.83 bits per heavy atom. The molecule has 0 aromatic heterocycles. The number of carboxylic acids is 1. The van der Waals surface area contributed by atoms with E-state index in [0.29, 0.717) is 6.08 Å². The molecule has 0 fully saturated rings. The zero-order valence-corrected chi connectivity index (χ0v) is 9.59. The summed E-state index contributed by atoms with van der Waals surface area (Å²) in [4.78, 5) is 20.5. The van der Waals surface area contributed by atoms with E-state index in [1.165, 1.54) is 0 Å². The van der Waals surface area contributed by atoms with Crippen molar-refractivity contribution in [1.82, 2.24) is 0 Å². The number of hydrogen-bond donors (Lipinski definition) is 3. The van der Waals surface area contributed by atoms with Crippen LogP contribution < -0.4 is 0 Å². The van der Waals surface area contributed by atoms with E-state index >= 15 is 0 Å². The summed E-state index contributed by atoms with van der Waals surface area (Å²) in [6.45, 7) is 0. The quantitative estimate of drug-likeness (QED) is 0.408. The lowest BCUT2D eigenvalue weighted by molar-refractivity contribution is -0.146. The van der Waals surface area contributed by atoms with Crippen LogP contribution in [0.3, 0.4) is 0 Å². The number of benzene rings is 1. The Hall–Kier alpha value is -2.19. The number of rotatable bonds is 4. The van der Waals surface area contributed by atoms with Crippen LogP contribution in [0.25, 0.3) is 6.08 Å². The topological polar surface area (TPSA) is 129 Å². The number of aromatic hydroxyl groups is 1. The maximum atomic E-state index is 10.8. The van der Waals surface area contributed by atoms with Gasteiger partial charge in [0.1, 0.15) is 5.75 Å². The molecule has 0 heterocycles. The summed E-state index contributed by atoms with van der Waals surface area (Å²) in [5.74, 6) is -3.28. The Labute approximate surface area is 102 Å². The van der Waals surface area contributed by atoms with Crippen LogP contribution in [0.4, 0.5) is 0 Å². The highest BCUT2D eigenvalue weighted by Gasteiger charge is 2.12. The van der Waals surface area contributed by atoms with E-state index in [-0.39, 0.29) is 11.3 Å². The summed E-state index contributed by atoms with van der Waals surface area (Å²) in [6, 6.07) is 2.85. The summed E-state index contributed by atoms with van der Waals surface area (Å²) >= 11 is 0. The second-order valence-corrected chi connectivity index (χ2v) is 4.62. The molecule has 0 aliphatic rings. The molecule has 7 nitrogen and oxygen atoms in total. The summed E-state index contributed by atoms with van der Waals surface area (Å²) in [5, 5.41) is 17.7. The molecule has 0 aliphatic heterocycles. The first-order chi connectivity index (χ1) is 8.21. The van der Waals surface area contributed by atoms with Gasteiger partial charge in [-0.05, 0) is 30.4 Å². The van der Waals surface area contributed by atoms with Crippen molar-refractivity contribution in [2.45, 2.75) is 4.90 Å². The van der Waals surface area contributed by atoms with E-state index in [9.17, 15) is 23.1 Å². The van der Waals surface area contributed by atoms with Crippen molar-refractivity contribution in [2.75, 3.05) is 0 Å². The molecule has 18 heavy (non-hydrogen) atoms. The molecule has 0 amide bonds. The van der Waals surface area contributed by atoms with Crippen molar-refractivity contribution >= 4 is 27.9 Å². The number of carbonyl (C=O) groups excluding carboxylic acids is 1. The lowest BCUT2D eigenvalue weighted by atomic mass is 10.1. The fraction of sp³-hybridized carbons (Fsp3) is 0. The normalized spacial score (nSPS) is 11.6. The van der Waals surface area contributed by atoms with E-state index in [1.54, 1.807) is 0 Å². The Kier molecular flexibility index (Phi) is 3.84. The lowest BCUT2D eigenvalue weighted by Gasteiger charge is -2.01. The first kappa shape index (κ1) is 13.9. The number of carboxylic acid groups (broad SMARTS) is 1. The second kappa shape index (κ2) is 4.98. The largest absolute Gasteiger partial charge is 0.507 e. The minimum Gasteiger partial charge on any atom is -0.507 e. The van der Waals surface area contributed by atoms with Gasteiger partial charge in [-0.1, -0.05) is 0 Å². The maximum Gasteiger partial charge on any atom is 0.376 e. The number of phenolic OH excluding ortho intramolecular Hbond substituents is 1. The van der Waals surface area contributed by atoms with Gasteiger partial charge in [0.15, 0.2) is 0 Å². The van der Waals surface area contributed by atoms with E-state index in [4.69, 9.17) is 9.66 Å². The number of carbonyl (C=O) groups is 2. The third-order valence-electron chi connectivity index (χ3n) is 1.92. The molecule has 0 aliphatic carbocycles. The summed E-state index contributed by atoms with van der Waals surface area (Å²) in [5.41, 5.74) is -0.111. The Morgan fingerprint density at radius 3 is 2.33 bits per heavy atom. The summed E-state index contributed by atoms with van der Waals surface area (Å²) < 4.78 is 30.4. The molecule has 1 rings (SSSR count). The van der Waals surface area contributed by atoms with Crippen LogP contribution in [-0.4, -0.2) is 34.9 Å². The SMILES string of the molecule is O=C(O)C(=O)/C=C\c1cc(S(=O)(=O)O)ccc1O. The van der Waals surface area contributed by atoms with Gasteiger partial charge in [-0.25, -0.2) is 4.79 Å². The molecule has 0 atom stereocenters. The predicted molar refractivity (Wildman–Crippen MR) is 59.6 cm³/mol. The van der Waals surface area contributed by atoms with Crippen LogP contribution in [0.5, 0.6) is 5.75 Å². The van der Waals surface area contributed by atoms with Crippen molar-refractivity contribution in [2.24, 2.45) is 0 Å². The zero-order chi connectivity index (χ0) is 13.9. The van der Waals surface area contributed by atoms with Gasteiger partial charge < -0.3 is 10.2 Å². The summed E-state index contributed by atoms with van der Waals surface area (Å²) in [6.07, 6.45) is 1.59. The van der Waals surface area contributed by atoms with Crippen molar-refractivity contribution in [3.05, 3.63) is 29.8 Å². The average Bonchev–Trinajstić information content (AvgIpc) is 2.25. The average molecular weight is 272 g/mol. The van der Waals surface area contributed by atoms with Gasteiger partial charge >= 0.3 is 5.97 Å². The molecule has 1 aromatic rings. The zero-order valence-electron chi connectivity index (χ0n) is 8.77. The molecule has 0 radical (unpaired) electrons. The lowest BCUT2D eigenvalue weighted by Crippen LogP contribution is -2.08. The van der Waals surface area contributed by atoms with E-state index in [0.717, 1.165) is 24.3 Å². The highest BCUT2D eigenvalue weighted by Crippen LogP contribution is 2.22. The van der Waals surface area contributed by atoms with E-state index < -0.39 is 26.8 Å². The Balaban J connectivity index is 3.18. The van der Waals surface area contributed by atoms with Gasteiger partial charge in [0.2, 0.25) is 0 Å². The van der Waals surface area contributed by atoms with E-state index in [2.05, 4.69) is 0 Å². The highest BCUT2D eigenvalue weighted by atomic mass is 32.2. The van der Waals surface area contributed by atoms with Crippen molar-refractivity contribution < 1.29 is 32.8 Å². The fourth-order valence-corrected chi connectivity index (χ4v) is 1.58. The summed E-state index contributed by atoms with van der Waals surface area (Å²) in [7, 11) is -4.44. The van der Waals surface area contributed by atoms with Crippen LogP contribution in [0.2, 0.25) is 0 Å². The molecular weight excluding hydrogens is 264 g/mol. The molecule has 3 N–H and O–H groups in total. The van der Waals surface area contributed by atoms with Gasteiger partial charge in [0.05, 0.1) is 4.90 Å². The van der Waals surface area contributed by atoms with Crippen LogP contribution in [0, 0.1) is 0 Å². The minimum atomic E-state index is -4.44. The monoisotopic (exact) mass is 272 g/mol. The van der Waals surface area contributed by atoms with Gasteiger partial charge in [0.25, 0.3) is 15.9 Å². The van der Waals surface area contributed by atoms with Crippen LogP contribution in [-0.2, 0) is 19.7 Å². The third-order valence-corrected chi connectivity index (χ3v) is 2.77. The molecule has 96 valence electrons. The molecule has 0 spiro atoms. The molecule has 8 heteroatoms. The van der Waals surface area contributed by atoms with Gasteiger partial charge in [-0.15, -0.1) is 0 Å². The molecule has 0 saturated heterocycles. The van der Waals surface area contributed by atoms with Crippen LogP contribution in [0.15, 0.2) is 29.2 Å². The molecule has 0 saturated carbocycles. The number of ketones is 1. The van der Waals surface area contributed by atoms with Gasteiger partial charge in [0, 0.05) is 5.56 Å². The van der Waals surface area contributed by atoms with Crippen molar-refractivity contribution in [3.8, 4) is 5.75 Å². The molecule has 0 bridgehead atoms. The number of phenols is 1. The van der Waals surface area contributed by atoms with Crippen LogP contribution in [0.1, 0.15) is 5.56 Å². The van der Waals surface area contributed by atoms with Gasteiger partial charge in [-0.2, -0.15) is 8.42 Å². The molecule has 0 unspecified atom stereocenters. The Bertz CT molecular complexity index is 628. The number of aliphatic carboxylic acids is 1. The maximum absolute atomic E-state index is 10.8. The van der Waals surface area contributed by atoms with Crippen molar-refractivity contribution in [3.63, 3.8) is 0 Å². The highest BCUT2D eigenvalue weighted by molar-refractivity contribution is 7.85. The standard InChI is InChI=1S/C10H8O7S/c11-8-4-2-7(18(15,16)17)5-6(8)1-3-9(12)10(13)14/h1-5,11H,(H,13,14)(H,15,16,17)/b3-1-. The third kappa shape index (κ3) is 3.40. The first-order valence-electron chi connectivity index (χ1n) is 4.47. The molecular formula is C10H8O7S. The predicted octanol–water partition coefficient (Wildman–Crippen LogP) is 0.306.